The average Bonchev–Trinajstić information content (AvgIpc) is 2.75. The molecule has 0 spiro atoms. The van der Waals surface area contributed by atoms with E-state index in [9.17, 15) is 9.18 Å². The second-order valence-electron chi connectivity index (χ2n) is 4.86. The number of benzene rings is 1. The number of nitrogens with zero attached hydrogens (tertiary/aromatic N) is 1. The summed E-state index contributed by atoms with van der Waals surface area (Å²) in [6.45, 7) is 4.21. The predicted molar refractivity (Wildman–Crippen MR) is 85.6 cm³/mol. The van der Waals surface area contributed by atoms with E-state index >= 15 is 0 Å². The van der Waals surface area contributed by atoms with E-state index in [4.69, 9.17) is 5.26 Å². The van der Waals surface area contributed by atoms with Gasteiger partial charge in [0.25, 0.3) is 0 Å². The molecule has 1 aromatic carbocycles. The first-order chi connectivity index (χ1) is 10.5. The number of nitrogens with one attached hydrogen (secondary N) is 2. The lowest BCUT2D eigenvalue weighted by molar-refractivity contribution is 0.252. The molecule has 0 fully saturated rings. The van der Waals surface area contributed by atoms with Crippen molar-refractivity contribution >= 4 is 22.4 Å². The Hall–Kier alpha value is -2.39. The first kappa shape index (κ1) is 16.0. The second-order valence-corrected chi connectivity index (χ2v) is 6.08. The minimum atomic E-state index is -0.347. The van der Waals surface area contributed by atoms with Crippen LogP contribution < -0.4 is 10.6 Å². The van der Waals surface area contributed by atoms with E-state index in [0.29, 0.717) is 23.5 Å². The molecule has 2 aromatic rings. The molecule has 114 valence electrons. The fourth-order valence-corrected chi connectivity index (χ4v) is 2.97. The fraction of sp³-hybridized carbons (Fsp3) is 0.250. The van der Waals surface area contributed by atoms with E-state index in [1.54, 1.807) is 12.1 Å². The SMILES string of the molecule is Cc1sc(NC(=O)NCCc2ccc(F)cc2)c(C#N)c1C. The molecule has 0 radical (unpaired) electrons. The van der Waals surface area contributed by atoms with Crippen molar-refractivity contribution in [3.8, 4) is 6.07 Å². The molecule has 0 saturated heterocycles. The molecular weight excluding hydrogens is 301 g/mol. The quantitative estimate of drug-likeness (QED) is 0.902. The third kappa shape index (κ3) is 3.83. The number of carbonyl (C=O) groups is 1. The molecule has 0 saturated carbocycles. The van der Waals surface area contributed by atoms with E-state index < -0.39 is 0 Å². The zero-order chi connectivity index (χ0) is 16.1. The summed E-state index contributed by atoms with van der Waals surface area (Å²) in [5, 5.41) is 15.1. The van der Waals surface area contributed by atoms with Gasteiger partial charge in [0.05, 0.1) is 5.56 Å². The first-order valence-corrected chi connectivity index (χ1v) is 7.62. The van der Waals surface area contributed by atoms with Crippen LogP contribution in [0.15, 0.2) is 24.3 Å². The predicted octanol–water partition coefficient (Wildman–Crippen LogP) is 3.74. The molecule has 0 bridgehead atoms. The van der Waals surface area contributed by atoms with Gasteiger partial charge in [-0.25, -0.2) is 9.18 Å². The third-order valence-electron chi connectivity index (χ3n) is 3.34. The number of nitriles is 1. The van der Waals surface area contributed by atoms with E-state index in [-0.39, 0.29) is 11.8 Å². The van der Waals surface area contributed by atoms with E-state index in [1.165, 1.54) is 23.5 Å². The number of amides is 2. The Morgan fingerprint density at radius 2 is 2.00 bits per heavy atom. The Morgan fingerprint density at radius 1 is 1.32 bits per heavy atom. The molecule has 1 aromatic heterocycles. The number of rotatable bonds is 4. The lowest BCUT2D eigenvalue weighted by Crippen LogP contribution is -2.30. The topological polar surface area (TPSA) is 64.9 Å². The molecule has 0 atom stereocenters. The summed E-state index contributed by atoms with van der Waals surface area (Å²) in [7, 11) is 0. The van der Waals surface area contributed by atoms with Crippen molar-refractivity contribution in [3.05, 3.63) is 51.7 Å². The summed E-state index contributed by atoms with van der Waals surface area (Å²) >= 11 is 1.39. The maximum atomic E-state index is 12.8. The summed E-state index contributed by atoms with van der Waals surface area (Å²) in [5.41, 5.74) is 2.35. The van der Waals surface area contributed by atoms with Crippen molar-refractivity contribution < 1.29 is 9.18 Å². The van der Waals surface area contributed by atoms with Gasteiger partial charge in [0.15, 0.2) is 0 Å². The van der Waals surface area contributed by atoms with Crippen molar-refractivity contribution in [1.29, 1.82) is 5.26 Å². The molecule has 2 N–H and O–H groups in total. The van der Waals surface area contributed by atoms with Crippen molar-refractivity contribution in [1.82, 2.24) is 5.32 Å². The Morgan fingerprint density at radius 3 is 2.64 bits per heavy atom. The highest BCUT2D eigenvalue weighted by molar-refractivity contribution is 7.16. The van der Waals surface area contributed by atoms with Gasteiger partial charge in [0.2, 0.25) is 0 Å². The van der Waals surface area contributed by atoms with Crippen LogP contribution in [0.2, 0.25) is 0 Å². The lowest BCUT2D eigenvalue weighted by Gasteiger charge is -2.06. The number of anilines is 1. The van der Waals surface area contributed by atoms with Gasteiger partial charge < -0.3 is 5.32 Å². The summed E-state index contributed by atoms with van der Waals surface area (Å²) in [6.07, 6.45) is 0.612. The highest BCUT2D eigenvalue weighted by atomic mass is 32.1. The van der Waals surface area contributed by atoms with Gasteiger partial charge in [-0.2, -0.15) is 5.26 Å². The Bertz CT molecular complexity index is 716. The number of carbonyl (C=O) groups excluding carboxylic acids is 1. The smallest absolute Gasteiger partial charge is 0.319 e. The van der Waals surface area contributed by atoms with Crippen molar-refractivity contribution in [2.75, 3.05) is 11.9 Å². The van der Waals surface area contributed by atoms with Crippen LogP contribution >= 0.6 is 11.3 Å². The van der Waals surface area contributed by atoms with E-state index in [2.05, 4.69) is 16.7 Å². The number of hydrogen-bond acceptors (Lipinski definition) is 3. The Balaban J connectivity index is 1.87. The van der Waals surface area contributed by atoms with Gasteiger partial charge >= 0.3 is 6.03 Å². The fourth-order valence-electron chi connectivity index (χ4n) is 1.97. The van der Waals surface area contributed by atoms with E-state index in [1.807, 2.05) is 13.8 Å². The van der Waals surface area contributed by atoms with Crippen LogP contribution in [-0.4, -0.2) is 12.6 Å². The summed E-state index contributed by atoms with van der Waals surface area (Å²) < 4.78 is 12.8. The standard InChI is InChI=1S/C16H16FN3OS/c1-10-11(2)22-15(14(10)9-18)20-16(21)19-8-7-12-3-5-13(17)6-4-12/h3-6H,7-8H2,1-2H3,(H2,19,20,21). The van der Waals surface area contributed by atoms with Crippen LogP contribution in [0, 0.1) is 31.0 Å². The number of halogens is 1. The maximum Gasteiger partial charge on any atom is 0.319 e. The van der Waals surface area contributed by atoms with E-state index in [0.717, 1.165) is 16.0 Å². The van der Waals surface area contributed by atoms with Crippen LogP contribution in [0.1, 0.15) is 21.6 Å². The molecule has 6 heteroatoms. The number of aryl methyl sites for hydroxylation is 1. The van der Waals surface area contributed by atoms with Gasteiger partial charge in [-0.1, -0.05) is 12.1 Å². The lowest BCUT2D eigenvalue weighted by atomic mass is 10.1. The molecule has 1 heterocycles. The van der Waals surface area contributed by atoms with Crippen LogP contribution in [0.3, 0.4) is 0 Å². The largest absolute Gasteiger partial charge is 0.338 e. The second kappa shape index (κ2) is 7.05. The van der Waals surface area contributed by atoms with Gasteiger partial charge in [-0.15, -0.1) is 11.3 Å². The third-order valence-corrected chi connectivity index (χ3v) is 4.46. The maximum absolute atomic E-state index is 12.8. The molecule has 0 aliphatic heterocycles. The monoisotopic (exact) mass is 317 g/mol. The first-order valence-electron chi connectivity index (χ1n) is 6.80. The van der Waals surface area contributed by atoms with Crippen LogP contribution in [-0.2, 0) is 6.42 Å². The van der Waals surface area contributed by atoms with Crippen LogP contribution in [0.4, 0.5) is 14.2 Å². The average molecular weight is 317 g/mol. The highest BCUT2D eigenvalue weighted by Crippen LogP contribution is 2.31. The Kier molecular flexibility index (Phi) is 5.12. The summed E-state index contributed by atoms with van der Waals surface area (Å²) in [5.74, 6) is -0.276. The number of thiophene rings is 1. The highest BCUT2D eigenvalue weighted by Gasteiger charge is 2.14. The van der Waals surface area contributed by atoms with Gasteiger partial charge in [-0.05, 0) is 43.5 Å². The van der Waals surface area contributed by atoms with Gasteiger partial charge in [0, 0.05) is 11.4 Å². The molecule has 0 aliphatic carbocycles. The minimum Gasteiger partial charge on any atom is -0.338 e. The van der Waals surface area contributed by atoms with Crippen molar-refractivity contribution in [2.24, 2.45) is 0 Å². The molecule has 0 unspecified atom stereocenters. The minimum absolute atomic E-state index is 0.276. The zero-order valence-corrected chi connectivity index (χ0v) is 13.2. The normalized spacial score (nSPS) is 10.1. The van der Waals surface area contributed by atoms with Gasteiger partial charge in [0.1, 0.15) is 16.9 Å². The molecule has 4 nitrogen and oxygen atoms in total. The zero-order valence-electron chi connectivity index (χ0n) is 12.4. The Labute approximate surface area is 132 Å². The van der Waals surface area contributed by atoms with Crippen LogP contribution in [0.5, 0.6) is 0 Å². The summed E-state index contributed by atoms with van der Waals surface area (Å²) in [6, 6.07) is 7.93. The molecule has 22 heavy (non-hydrogen) atoms. The number of hydrogen-bond donors (Lipinski definition) is 2. The van der Waals surface area contributed by atoms with Crippen molar-refractivity contribution in [2.45, 2.75) is 20.3 Å². The molecule has 2 amide bonds. The summed E-state index contributed by atoms with van der Waals surface area (Å²) in [4.78, 5) is 12.9. The number of urea groups is 1. The molecular formula is C16H16FN3OS. The van der Waals surface area contributed by atoms with Crippen LogP contribution in [0.25, 0.3) is 0 Å². The molecule has 0 aliphatic rings. The van der Waals surface area contributed by atoms with Crippen molar-refractivity contribution in [3.63, 3.8) is 0 Å². The molecule has 2 rings (SSSR count). The van der Waals surface area contributed by atoms with Gasteiger partial charge in [-0.3, -0.25) is 5.32 Å².